The molecule has 3 nitrogen and oxygen atoms in total. The molecule has 1 N–H and O–H groups in total. The Morgan fingerprint density at radius 3 is 2.39 bits per heavy atom. The first-order valence-electron chi connectivity index (χ1n) is 10.2. The van der Waals surface area contributed by atoms with E-state index in [1.807, 2.05) is 12.1 Å². The Balaban J connectivity index is 1.75. The molecular weight excluding hydrogens is 400 g/mol. The molecule has 3 heterocycles. The first-order chi connectivity index (χ1) is 15.3. The van der Waals surface area contributed by atoms with Gasteiger partial charge in [0.25, 0.3) is 0 Å². The van der Waals surface area contributed by atoms with Gasteiger partial charge in [-0.15, -0.1) is 11.3 Å². The molecule has 3 aromatic heterocycles. The van der Waals surface area contributed by atoms with E-state index in [1.54, 1.807) is 23.5 Å². The lowest BCUT2D eigenvalue weighted by Crippen LogP contribution is -1.92. The molecule has 7 rings (SSSR count). The average molecular weight is 417 g/mol. The molecule has 0 fully saturated rings. The van der Waals surface area contributed by atoms with Crippen molar-refractivity contribution in [3.05, 3.63) is 91.0 Å². The Kier molecular flexibility index (Phi) is 3.30. The number of fused-ring (bicyclic) bond motifs is 9. The summed E-state index contributed by atoms with van der Waals surface area (Å²) in [7, 11) is 0. The molecular formula is C27H16N2OS. The fourth-order valence-corrected chi connectivity index (χ4v) is 5.79. The fourth-order valence-electron chi connectivity index (χ4n) is 4.63. The highest BCUT2D eigenvalue weighted by molar-refractivity contribution is 7.26. The molecule has 146 valence electrons. The average Bonchev–Trinajstić information content (AvgIpc) is 3.38. The number of phenols is 1. The van der Waals surface area contributed by atoms with E-state index in [4.69, 9.17) is 4.98 Å². The van der Waals surface area contributed by atoms with Gasteiger partial charge in [0, 0.05) is 20.9 Å². The number of hydrogen-bond donors (Lipinski definition) is 1. The van der Waals surface area contributed by atoms with Crippen molar-refractivity contribution in [2.24, 2.45) is 0 Å². The van der Waals surface area contributed by atoms with E-state index >= 15 is 0 Å². The fraction of sp³-hybridized carbons (Fsp3) is 0. The molecule has 0 aliphatic heterocycles. The van der Waals surface area contributed by atoms with Gasteiger partial charge in [0.05, 0.1) is 21.4 Å². The van der Waals surface area contributed by atoms with Crippen molar-refractivity contribution in [1.82, 2.24) is 9.38 Å². The number of hydrogen-bond acceptors (Lipinski definition) is 3. The zero-order chi connectivity index (χ0) is 20.5. The van der Waals surface area contributed by atoms with Crippen molar-refractivity contribution >= 4 is 59.0 Å². The van der Waals surface area contributed by atoms with Gasteiger partial charge in [-0.3, -0.25) is 4.40 Å². The summed E-state index contributed by atoms with van der Waals surface area (Å²) >= 11 is 1.79. The topological polar surface area (TPSA) is 37.5 Å². The van der Waals surface area contributed by atoms with Gasteiger partial charge in [-0.25, -0.2) is 4.98 Å². The van der Waals surface area contributed by atoms with Crippen LogP contribution in [0.5, 0.6) is 5.75 Å². The van der Waals surface area contributed by atoms with E-state index in [0.717, 1.165) is 33.3 Å². The Morgan fingerprint density at radius 1 is 0.742 bits per heavy atom. The predicted octanol–water partition coefficient (Wildman–Crippen LogP) is 7.38. The van der Waals surface area contributed by atoms with Crippen LogP contribution < -0.4 is 0 Å². The lowest BCUT2D eigenvalue weighted by molar-refractivity contribution is 0.475. The van der Waals surface area contributed by atoms with Crippen LogP contribution >= 0.6 is 11.3 Å². The van der Waals surface area contributed by atoms with Gasteiger partial charge in [-0.2, -0.15) is 0 Å². The molecule has 0 aliphatic rings. The Morgan fingerprint density at radius 2 is 1.52 bits per heavy atom. The van der Waals surface area contributed by atoms with Crippen LogP contribution in [0.2, 0.25) is 0 Å². The van der Waals surface area contributed by atoms with Crippen molar-refractivity contribution in [3.63, 3.8) is 0 Å². The highest BCUT2D eigenvalue weighted by Gasteiger charge is 2.18. The Bertz CT molecular complexity index is 1790. The number of rotatable bonds is 1. The SMILES string of the molecule is Oc1ccc(-c2cc3c4ccccc4sc3c3nc4c5ccccc5ccc4n23)cc1. The first kappa shape index (κ1) is 16.9. The van der Waals surface area contributed by atoms with E-state index < -0.39 is 0 Å². The van der Waals surface area contributed by atoms with Crippen molar-refractivity contribution < 1.29 is 5.11 Å². The van der Waals surface area contributed by atoms with Gasteiger partial charge < -0.3 is 5.11 Å². The standard InChI is InChI=1S/C27H16N2OS/c30-18-12-9-17(10-13-18)23-15-21-20-7-3-4-8-24(20)31-26(21)27-28-25-19-6-2-1-5-16(19)11-14-22(25)29(23)27/h1-15,30H. The minimum atomic E-state index is 0.267. The van der Waals surface area contributed by atoms with E-state index in [9.17, 15) is 5.11 Å². The van der Waals surface area contributed by atoms with Crippen molar-refractivity contribution in [3.8, 4) is 17.0 Å². The van der Waals surface area contributed by atoms with E-state index in [2.05, 4.69) is 71.1 Å². The maximum Gasteiger partial charge on any atom is 0.156 e. The second kappa shape index (κ2) is 6.06. The van der Waals surface area contributed by atoms with Gasteiger partial charge in [0.2, 0.25) is 0 Å². The molecule has 4 aromatic carbocycles. The smallest absolute Gasteiger partial charge is 0.156 e. The van der Waals surface area contributed by atoms with Crippen LogP contribution in [0.4, 0.5) is 0 Å². The van der Waals surface area contributed by atoms with Crippen LogP contribution in [0.1, 0.15) is 0 Å². The van der Waals surface area contributed by atoms with Crippen molar-refractivity contribution in [1.29, 1.82) is 0 Å². The third-order valence-corrected chi connectivity index (χ3v) is 7.25. The molecule has 7 aromatic rings. The lowest BCUT2D eigenvalue weighted by Gasteiger charge is -2.09. The minimum absolute atomic E-state index is 0.267. The predicted molar refractivity (Wildman–Crippen MR) is 130 cm³/mol. The third kappa shape index (κ3) is 2.31. The molecule has 4 heteroatoms. The number of imidazole rings is 1. The van der Waals surface area contributed by atoms with Crippen LogP contribution in [0.15, 0.2) is 91.0 Å². The summed E-state index contributed by atoms with van der Waals surface area (Å²) in [4.78, 5) is 5.19. The second-order valence-corrected chi connectivity index (χ2v) is 8.89. The molecule has 31 heavy (non-hydrogen) atoms. The van der Waals surface area contributed by atoms with Gasteiger partial charge in [-0.05, 0) is 53.4 Å². The van der Waals surface area contributed by atoms with Crippen LogP contribution in [-0.4, -0.2) is 14.5 Å². The van der Waals surface area contributed by atoms with Crippen LogP contribution in [-0.2, 0) is 0 Å². The number of aromatic hydroxyl groups is 1. The monoisotopic (exact) mass is 416 g/mol. The number of benzene rings is 4. The summed E-state index contributed by atoms with van der Waals surface area (Å²) in [5.74, 6) is 0.267. The summed E-state index contributed by atoms with van der Waals surface area (Å²) in [5.41, 5.74) is 5.21. The van der Waals surface area contributed by atoms with Gasteiger partial charge >= 0.3 is 0 Å². The second-order valence-electron chi connectivity index (χ2n) is 7.84. The molecule has 0 saturated carbocycles. The minimum Gasteiger partial charge on any atom is -0.508 e. The quantitative estimate of drug-likeness (QED) is 0.303. The number of aromatic nitrogens is 2. The summed E-state index contributed by atoms with van der Waals surface area (Å²) in [6, 6.07) is 31.0. The number of nitrogens with zero attached hydrogens (tertiary/aromatic N) is 2. The number of thiophene rings is 1. The molecule has 0 aliphatic carbocycles. The highest BCUT2D eigenvalue weighted by Crippen LogP contribution is 2.41. The first-order valence-corrected chi connectivity index (χ1v) is 11.0. The zero-order valence-electron chi connectivity index (χ0n) is 16.4. The Labute approximate surface area is 181 Å². The normalized spacial score (nSPS) is 12.0. The Hall–Kier alpha value is -3.89. The number of pyridine rings is 1. The van der Waals surface area contributed by atoms with E-state index in [-0.39, 0.29) is 5.75 Å². The maximum atomic E-state index is 9.83. The van der Waals surface area contributed by atoms with Crippen molar-refractivity contribution in [2.75, 3.05) is 0 Å². The van der Waals surface area contributed by atoms with Gasteiger partial charge in [0.15, 0.2) is 5.65 Å². The molecule has 0 saturated heterocycles. The number of phenolic OH excluding ortho intramolecular Hbond substituents is 1. The van der Waals surface area contributed by atoms with Crippen molar-refractivity contribution in [2.45, 2.75) is 0 Å². The highest BCUT2D eigenvalue weighted by atomic mass is 32.1. The molecule has 0 radical (unpaired) electrons. The van der Waals surface area contributed by atoms with E-state index in [1.165, 1.54) is 25.6 Å². The molecule has 0 amide bonds. The van der Waals surface area contributed by atoms with E-state index in [0.29, 0.717) is 0 Å². The van der Waals surface area contributed by atoms with Crippen LogP contribution in [0.3, 0.4) is 0 Å². The van der Waals surface area contributed by atoms with Crippen LogP contribution in [0, 0.1) is 0 Å². The summed E-state index contributed by atoms with van der Waals surface area (Å²) < 4.78 is 4.73. The molecule has 0 unspecified atom stereocenters. The maximum absolute atomic E-state index is 9.83. The molecule has 0 spiro atoms. The largest absolute Gasteiger partial charge is 0.508 e. The van der Waals surface area contributed by atoms with Crippen LogP contribution in [0.25, 0.3) is 58.9 Å². The summed E-state index contributed by atoms with van der Waals surface area (Å²) in [6.45, 7) is 0. The molecule has 0 bridgehead atoms. The molecule has 0 atom stereocenters. The van der Waals surface area contributed by atoms with Gasteiger partial charge in [-0.1, -0.05) is 48.5 Å². The lowest BCUT2D eigenvalue weighted by atomic mass is 10.1. The van der Waals surface area contributed by atoms with Gasteiger partial charge in [0.1, 0.15) is 5.75 Å². The third-order valence-electron chi connectivity index (χ3n) is 6.07. The summed E-state index contributed by atoms with van der Waals surface area (Å²) in [5, 5.41) is 14.7. The summed E-state index contributed by atoms with van der Waals surface area (Å²) in [6.07, 6.45) is 0. The zero-order valence-corrected chi connectivity index (χ0v) is 17.2.